The maximum absolute atomic E-state index is 13.4. The Morgan fingerprint density at radius 2 is 1.65 bits per heavy atom. The Morgan fingerprint density at radius 1 is 0.962 bits per heavy atom. The van der Waals surface area contributed by atoms with Crippen molar-refractivity contribution >= 4 is 59.6 Å². The summed E-state index contributed by atoms with van der Waals surface area (Å²) in [4.78, 5) is 4.58. The molecule has 0 unspecified atom stereocenters. The van der Waals surface area contributed by atoms with Crippen molar-refractivity contribution in [1.29, 1.82) is 0 Å². The minimum Gasteiger partial charge on any atom is -0.237 e. The number of nitrogens with zero attached hydrogens (tertiary/aromatic N) is 2. The number of benzene rings is 2. The van der Waals surface area contributed by atoms with Gasteiger partial charge in [-0.05, 0) is 80.5 Å². The molecule has 2 heterocycles. The summed E-state index contributed by atoms with van der Waals surface area (Å²) in [6.07, 6.45) is 1.60. The molecule has 0 aliphatic rings. The first kappa shape index (κ1) is 17.7. The van der Waals surface area contributed by atoms with Crippen LogP contribution in [-0.2, 0) is 10.0 Å². The Bertz CT molecular complexity index is 1200. The van der Waals surface area contributed by atoms with Crippen molar-refractivity contribution in [1.82, 2.24) is 8.96 Å². The van der Waals surface area contributed by atoms with E-state index < -0.39 is 10.0 Å². The predicted molar refractivity (Wildman–Crippen MR) is 115 cm³/mol. The van der Waals surface area contributed by atoms with Gasteiger partial charge < -0.3 is 0 Å². The largest absolute Gasteiger partial charge is 0.269 e. The van der Waals surface area contributed by atoms with Crippen molar-refractivity contribution in [2.75, 3.05) is 0 Å². The normalized spacial score (nSPS) is 11.8. The van der Waals surface area contributed by atoms with E-state index in [1.807, 2.05) is 30.3 Å². The maximum atomic E-state index is 13.4. The molecule has 0 bridgehead atoms. The topological polar surface area (TPSA) is 52.0 Å². The van der Waals surface area contributed by atoms with E-state index in [4.69, 9.17) is 0 Å². The fraction of sp³-hybridized carbons (Fsp3) is 0. The van der Waals surface area contributed by atoms with Crippen molar-refractivity contribution in [3.63, 3.8) is 0 Å². The zero-order valence-electron chi connectivity index (χ0n) is 13.3. The number of pyridine rings is 1. The zero-order chi connectivity index (χ0) is 18.3. The third-order valence-corrected chi connectivity index (χ3v) is 7.16. The second kappa shape index (κ2) is 6.79. The summed E-state index contributed by atoms with van der Waals surface area (Å²) in [5.41, 5.74) is 1.80. The fourth-order valence-corrected chi connectivity index (χ4v) is 5.08. The molecule has 4 rings (SSSR count). The third kappa shape index (κ3) is 2.97. The second-order valence-electron chi connectivity index (χ2n) is 5.65. The fourth-order valence-electron chi connectivity index (χ4n) is 2.81. The highest BCUT2D eigenvalue weighted by atomic mass is 127. The summed E-state index contributed by atoms with van der Waals surface area (Å²) in [5.74, 6) is 0. The van der Waals surface area contributed by atoms with Crippen LogP contribution in [0.1, 0.15) is 0 Å². The first-order valence-corrected chi connectivity index (χ1v) is 11.0. The quantitative estimate of drug-likeness (QED) is 0.332. The van der Waals surface area contributed by atoms with E-state index in [9.17, 15) is 8.42 Å². The van der Waals surface area contributed by atoms with Crippen LogP contribution in [0.3, 0.4) is 0 Å². The van der Waals surface area contributed by atoms with E-state index in [2.05, 4.69) is 43.5 Å². The molecular formula is C19H12BrIN2O2S. The van der Waals surface area contributed by atoms with E-state index in [1.54, 1.807) is 42.6 Å². The molecule has 26 heavy (non-hydrogen) atoms. The lowest BCUT2D eigenvalue weighted by molar-refractivity contribution is 0.589. The van der Waals surface area contributed by atoms with Crippen LogP contribution in [0.15, 0.2) is 82.3 Å². The Hall–Kier alpha value is -1.71. The van der Waals surface area contributed by atoms with Gasteiger partial charge in [-0.2, -0.15) is 0 Å². The number of fused-ring (bicyclic) bond motifs is 1. The van der Waals surface area contributed by atoms with Crippen LogP contribution in [-0.4, -0.2) is 17.4 Å². The maximum Gasteiger partial charge on any atom is 0.269 e. The molecule has 0 atom stereocenters. The standard InChI is InChI=1S/C19H12BrIN2O2S/c20-17-10-11-22-19-16(17)12-18(13-6-8-14(21)9-7-13)23(19)26(24,25)15-4-2-1-3-5-15/h1-12H. The van der Waals surface area contributed by atoms with Crippen LogP contribution in [0.4, 0.5) is 0 Å². The summed E-state index contributed by atoms with van der Waals surface area (Å²) in [6, 6.07) is 19.8. The molecule has 0 amide bonds. The molecule has 2 aromatic heterocycles. The number of hydrogen-bond acceptors (Lipinski definition) is 3. The van der Waals surface area contributed by atoms with Gasteiger partial charge in [0.2, 0.25) is 0 Å². The molecule has 0 saturated heterocycles. The van der Waals surface area contributed by atoms with Crippen LogP contribution in [0, 0.1) is 3.57 Å². The van der Waals surface area contributed by atoms with Gasteiger partial charge in [0, 0.05) is 19.6 Å². The Kier molecular flexibility index (Phi) is 4.62. The first-order valence-electron chi connectivity index (χ1n) is 7.71. The molecule has 130 valence electrons. The van der Waals surface area contributed by atoms with Crippen LogP contribution >= 0.6 is 38.5 Å². The lowest BCUT2D eigenvalue weighted by Crippen LogP contribution is -2.14. The molecule has 2 aromatic carbocycles. The molecule has 0 N–H and O–H groups in total. The highest BCUT2D eigenvalue weighted by Crippen LogP contribution is 2.34. The molecule has 4 aromatic rings. The molecule has 0 radical (unpaired) electrons. The number of aromatic nitrogens is 2. The van der Waals surface area contributed by atoms with Crippen molar-refractivity contribution < 1.29 is 8.42 Å². The van der Waals surface area contributed by atoms with Crippen molar-refractivity contribution in [3.8, 4) is 11.3 Å². The average molecular weight is 539 g/mol. The van der Waals surface area contributed by atoms with E-state index in [0.717, 1.165) is 19.0 Å². The Balaban J connectivity index is 2.09. The highest BCUT2D eigenvalue weighted by molar-refractivity contribution is 14.1. The lowest BCUT2D eigenvalue weighted by Gasteiger charge is -2.11. The van der Waals surface area contributed by atoms with E-state index in [-0.39, 0.29) is 4.90 Å². The summed E-state index contributed by atoms with van der Waals surface area (Å²) in [6.45, 7) is 0. The molecule has 0 spiro atoms. The zero-order valence-corrected chi connectivity index (χ0v) is 17.9. The van der Waals surface area contributed by atoms with Crippen LogP contribution in [0.2, 0.25) is 0 Å². The van der Waals surface area contributed by atoms with Crippen LogP contribution < -0.4 is 0 Å². The number of rotatable bonds is 3. The smallest absolute Gasteiger partial charge is 0.237 e. The summed E-state index contributed by atoms with van der Waals surface area (Å²) in [7, 11) is -3.80. The van der Waals surface area contributed by atoms with Gasteiger partial charge in [-0.1, -0.05) is 30.3 Å². The number of hydrogen-bond donors (Lipinski definition) is 0. The molecule has 0 fully saturated rings. The van der Waals surface area contributed by atoms with Crippen LogP contribution in [0.25, 0.3) is 22.3 Å². The van der Waals surface area contributed by atoms with Gasteiger partial charge in [0.05, 0.1) is 10.6 Å². The van der Waals surface area contributed by atoms with E-state index >= 15 is 0 Å². The summed E-state index contributed by atoms with van der Waals surface area (Å²) < 4.78 is 30.0. The monoisotopic (exact) mass is 538 g/mol. The Labute approximate surface area is 173 Å². The number of halogens is 2. The molecule has 4 nitrogen and oxygen atoms in total. The molecule has 7 heteroatoms. The van der Waals surface area contributed by atoms with Gasteiger partial charge in [-0.3, -0.25) is 0 Å². The average Bonchev–Trinajstić information content (AvgIpc) is 3.05. The van der Waals surface area contributed by atoms with Gasteiger partial charge in [0.1, 0.15) is 0 Å². The SMILES string of the molecule is O=S(=O)(c1ccccc1)n1c(-c2ccc(I)cc2)cc2c(Br)ccnc21. The molecule has 0 aliphatic carbocycles. The Morgan fingerprint density at radius 3 is 2.35 bits per heavy atom. The van der Waals surface area contributed by atoms with Gasteiger partial charge in [-0.25, -0.2) is 17.4 Å². The predicted octanol–water partition coefficient (Wildman–Crippen LogP) is 5.31. The lowest BCUT2D eigenvalue weighted by atomic mass is 10.1. The minimum atomic E-state index is -3.80. The van der Waals surface area contributed by atoms with Crippen molar-refractivity contribution in [2.45, 2.75) is 4.90 Å². The molecule has 0 saturated carbocycles. The van der Waals surface area contributed by atoms with E-state index in [1.165, 1.54) is 3.97 Å². The minimum absolute atomic E-state index is 0.228. The summed E-state index contributed by atoms with van der Waals surface area (Å²) in [5, 5.41) is 0.751. The third-order valence-electron chi connectivity index (χ3n) is 4.03. The van der Waals surface area contributed by atoms with Crippen molar-refractivity contribution in [3.05, 3.63) is 81.0 Å². The van der Waals surface area contributed by atoms with Crippen LogP contribution in [0.5, 0.6) is 0 Å². The van der Waals surface area contributed by atoms with Gasteiger partial charge in [-0.15, -0.1) is 0 Å². The van der Waals surface area contributed by atoms with E-state index in [0.29, 0.717) is 11.3 Å². The summed E-state index contributed by atoms with van der Waals surface area (Å²) >= 11 is 5.73. The van der Waals surface area contributed by atoms with Crippen molar-refractivity contribution in [2.24, 2.45) is 0 Å². The first-order chi connectivity index (χ1) is 12.5. The van der Waals surface area contributed by atoms with Gasteiger partial charge in [0.15, 0.2) is 5.65 Å². The molecule has 0 aliphatic heterocycles. The van der Waals surface area contributed by atoms with Gasteiger partial charge in [0.25, 0.3) is 10.0 Å². The highest BCUT2D eigenvalue weighted by Gasteiger charge is 2.25. The van der Waals surface area contributed by atoms with Gasteiger partial charge >= 0.3 is 0 Å². The second-order valence-corrected chi connectivity index (χ2v) is 9.54. The molecular weight excluding hydrogens is 527 g/mol.